The standard InChI is InChI=1S/C11H23NO2/c1-6-9(2)11(13)7-12(4)10(3)8-14-5/h9-10H,6-8H2,1-5H3. The number of rotatable bonds is 7. The zero-order chi connectivity index (χ0) is 11.1. The average Bonchev–Trinajstić information content (AvgIpc) is 2.16. The molecule has 2 unspecified atom stereocenters. The lowest BCUT2D eigenvalue weighted by atomic mass is 10.0. The van der Waals surface area contributed by atoms with Crippen LogP contribution in [0.3, 0.4) is 0 Å². The molecule has 0 aromatic heterocycles. The van der Waals surface area contributed by atoms with Crippen molar-refractivity contribution in [2.45, 2.75) is 33.2 Å². The van der Waals surface area contributed by atoms with Crippen molar-refractivity contribution >= 4 is 5.78 Å². The number of Topliss-reactive ketones (excluding diaryl/α,β-unsaturated/α-hetero) is 1. The van der Waals surface area contributed by atoms with Gasteiger partial charge in [0.2, 0.25) is 0 Å². The van der Waals surface area contributed by atoms with E-state index in [1.807, 2.05) is 25.8 Å². The minimum Gasteiger partial charge on any atom is -0.383 e. The largest absolute Gasteiger partial charge is 0.383 e. The highest BCUT2D eigenvalue weighted by Crippen LogP contribution is 2.05. The van der Waals surface area contributed by atoms with Crippen LogP contribution in [0.4, 0.5) is 0 Å². The van der Waals surface area contributed by atoms with Crippen LogP contribution in [-0.2, 0) is 9.53 Å². The quantitative estimate of drug-likeness (QED) is 0.626. The number of ether oxygens (including phenoxy) is 1. The van der Waals surface area contributed by atoms with Gasteiger partial charge >= 0.3 is 0 Å². The van der Waals surface area contributed by atoms with E-state index in [2.05, 4.69) is 6.92 Å². The molecule has 0 bridgehead atoms. The zero-order valence-corrected chi connectivity index (χ0v) is 10.0. The summed E-state index contributed by atoms with van der Waals surface area (Å²) in [4.78, 5) is 13.7. The number of likely N-dealkylation sites (N-methyl/N-ethyl adjacent to an activating group) is 1. The Kier molecular flexibility index (Phi) is 6.75. The van der Waals surface area contributed by atoms with Gasteiger partial charge in [0.15, 0.2) is 0 Å². The normalized spacial score (nSPS) is 15.6. The first kappa shape index (κ1) is 13.6. The highest BCUT2D eigenvalue weighted by Gasteiger charge is 2.16. The van der Waals surface area contributed by atoms with Gasteiger partial charge in [0.1, 0.15) is 5.78 Å². The van der Waals surface area contributed by atoms with Crippen molar-refractivity contribution in [2.24, 2.45) is 5.92 Å². The Bertz CT molecular complexity index is 171. The SMILES string of the molecule is CCC(C)C(=O)CN(C)C(C)COC. The third kappa shape index (κ3) is 4.72. The van der Waals surface area contributed by atoms with Crippen molar-refractivity contribution in [3.8, 4) is 0 Å². The second-order valence-electron chi connectivity index (χ2n) is 4.00. The summed E-state index contributed by atoms with van der Waals surface area (Å²) in [5, 5.41) is 0. The van der Waals surface area contributed by atoms with Crippen molar-refractivity contribution < 1.29 is 9.53 Å². The van der Waals surface area contributed by atoms with E-state index in [-0.39, 0.29) is 5.92 Å². The van der Waals surface area contributed by atoms with Gasteiger partial charge in [-0.25, -0.2) is 0 Å². The van der Waals surface area contributed by atoms with Gasteiger partial charge in [0.05, 0.1) is 13.2 Å². The fourth-order valence-corrected chi connectivity index (χ4v) is 1.15. The minimum atomic E-state index is 0.173. The second kappa shape index (κ2) is 6.96. The molecule has 0 rings (SSSR count). The van der Waals surface area contributed by atoms with E-state index in [1.54, 1.807) is 7.11 Å². The molecule has 0 spiro atoms. The average molecular weight is 201 g/mol. The van der Waals surface area contributed by atoms with Crippen LogP contribution in [0.1, 0.15) is 27.2 Å². The highest BCUT2D eigenvalue weighted by molar-refractivity contribution is 5.82. The Morgan fingerprint density at radius 2 is 2.00 bits per heavy atom. The molecule has 0 saturated carbocycles. The van der Waals surface area contributed by atoms with Crippen LogP contribution < -0.4 is 0 Å². The molecule has 0 saturated heterocycles. The third-order valence-corrected chi connectivity index (χ3v) is 2.73. The lowest BCUT2D eigenvalue weighted by Crippen LogP contribution is -2.38. The smallest absolute Gasteiger partial charge is 0.149 e. The number of methoxy groups -OCH3 is 1. The molecule has 0 aliphatic rings. The van der Waals surface area contributed by atoms with Gasteiger partial charge in [0.25, 0.3) is 0 Å². The van der Waals surface area contributed by atoms with Gasteiger partial charge in [-0.15, -0.1) is 0 Å². The molecule has 0 amide bonds. The van der Waals surface area contributed by atoms with Gasteiger partial charge < -0.3 is 4.74 Å². The molecule has 0 aliphatic carbocycles. The van der Waals surface area contributed by atoms with Crippen LogP contribution in [0, 0.1) is 5.92 Å². The number of carbonyl (C=O) groups excluding carboxylic acids is 1. The Morgan fingerprint density at radius 1 is 1.43 bits per heavy atom. The van der Waals surface area contributed by atoms with Gasteiger partial charge in [-0.1, -0.05) is 13.8 Å². The van der Waals surface area contributed by atoms with E-state index in [9.17, 15) is 4.79 Å². The molecule has 0 heterocycles. The van der Waals surface area contributed by atoms with E-state index in [4.69, 9.17) is 4.74 Å². The van der Waals surface area contributed by atoms with Crippen LogP contribution in [0.15, 0.2) is 0 Å². The molecule has 0 N–H and O–H groups in total. The molecular weight excluding hydrogens is 178 g/mol. The van der Waals surface area contributed by atoms with Crippen molar-refractivity contribution in [3.05, 3.63) is 0 Å². The summed E-state index contributed by atoms with van der Waals surface area (Å²) in [6, 6.07) is 0.299. The van der Waals surface area contributed by atoms with Gasteiger partial charge in [-0.2, -0.15) is 0 Å². The first-order chi connectivity index (χ1) is 6.52. The molecule has 0 aromatic rings. The van der Waals surface area contributed by atoms with Gasteiger partial charge in [0, 0.05) is 19.1 Å². The lowest BCUT2D eigenvalue weighted by molar-refractivity contribution is -0.123. The number of hydrogen-bond donors (Lipinski definition) is 0. The molecule has 0 fully saturated rings. The Labute approximate surface area is 87.4 Å². The van der Waals surface area contributed by atoms with Crippen LogP contribution in [0.25, 0.3) is 0 Å². The summed E-state index contributed by atoms with van der Waals surface area (Å²) in [6.07, 6.45) is 0.922. The molecular formula is C11H23NO2. The molecule has 3 nitrogen and oxygen atoms in total. The fraction of sp³-hybridized carbons (Fsp3) is 0.909. The van der Waals surface area contributed by atoms with E-state index in [1.165, 1.54) is 0 Å². The van der Waals surface area contributed by atoms with Crippen LogP contribution in [0.5, 0.6) is 0 Å². The summed E-state index contributed by atoms with van der Waals surface area (Å²) < 4.78 is 5.04. The number of carbonyl (C=O) groups is 1. The first-order valence-corrected chi connectivity index (χ1v) is 5.24. The van der Waals surface area contributed by atoms with Crippen molar-refractivity contribution in [1.82, 2.24) is 4.90 Å². The summed E-state index contributed by atoms with van der Waals surface area (Å²) in [7, 11) is 3.64. The summed E-state index contributed by atoms with van der Waals surface area (Å²) >= 11 is 0. The fourth-order valence-electron chi connectivity index (χ4n) is 1.15. The maximum Gasteiger partial charge on any atom is 0.149 e. The van der Waals surface area contributed by atoms with Crippen LogP contribution in [0.2, 0.25) is 0 Å². The molecule has 84 valence electrons. The molecule has 3 heteroatoms. The molecule has 0 aromatic carbocycles. The second-order valence-corrected chi connectivity index (χ2v) is 4.00. The van der Waals surface area contributed by atoms with Crippen LogP contribution >= 0.6 is 0 Å². The number of hydrogen-bond acceptors (Lipinski definition) is 3. The van der Waals surface area contributed by atoms with Crippen molar-refractivity contribution in [3.63, 3.8) is 0 Å². The predicted octanol–water partition coefficient (Wildman–Crippen LogP) is 1.57. The summed E-state index contributed by atoms with van der Waals surface area (Å²) in [6.45, 7) is 7.29. The zero-order valence-electron chi connectivity index (χ0n) is 10.0. The van der Waals surface area contributed by atoms with Crippen molar-refractivity contribution in [2.75, 3.05) is 27.3 Å². The summed E-state index contributed by atoms with van der Waals surface area (Å²) in [5.74, 6) is 0.491. The highest BCUT2D eigenvalue weighted by atomic mass is 16.5. The Hall–Kier alpha value is -0.410. The maximum absolute atomic E-state index is 11.6. The molecule has 2 atom stereocenters. The topological polar surface area (TPSA) is 29.5 Å². The molecule has 0 radical (unpaired) electrons. The predicted molar refractivity (Wildman–Crippen MR) is 58.4 cm³/mol. The van der Waals surface area contributed by atoms with E-state index in [0.29, 0.717) is 25.0 Å². The van der Waals surface area contributed by atoms with E-state index >= 15 is 0 Å². The van der Waals surface area contributed by atoms with E-state index < -0.39 is 0 Å². The minimum absolute atomic E-state index is 0.173. The Morgan fingerprint density at radius 3 is 2.43 bits per heavy atom. The maximum atomic E-state index is 11.6. The molecule has 0 aliphatic heterocycles. The monoisotopic (exact) mass is 201 g/mol. The van der Waals surface area contributed by atoms with Gasteiger partial charge in [-0.3, -0.25) is 9.69 Å². The summed E-state index contributed by atoms with van der Waals surface area (Å²) in [5.41, 5.74) is 0. The van der Waals surface area contributed by atoms with Crippen LogP contribution in [-0.4, -0.2) is 44.0 Å². The van der Waals surface area contributed by atoms with Crippen molar-refractivity contribution in [1.29, 1.82) is 0 Å². The van der Waals surface area contributed by atoms with E-state index in [0.717, 1.165) is 6.42 Å². The van der Waals surface area contributed by atoms with Gasteiger partial charge in [-0.05, 0) is 20.4 Å². The lowest BCUT2D eigenvalue weighted by Gasteiger charge is -2.24. The molecule has 14 heavy (non-hydrogen) atoms. The number of ketones is 1. The Balaban J connectivity index is 3.92. The third-order valence-electron chi connectivity index (χ3n) is 2.73. The first-order valence-electron chi connectivity index (χ1n) is 5.24. The number of nitrogens with zero attached hydrogens (tertiary/aromatic N) is 1.